The number of ether oxygens (including phenoxy) is 1. The Morgan fingerprint density at radius 2 is 1.90 bits per heavy atom. The predicted octanol–water partition coefficient (Wildman–Crippen LogP) is 3.34. The van der Waals surface area contributed by atoms with Gasteiger partial charge in [0.05, 0.1) is 18.2 Å². The molecule has 2 aromatic carbocycles. The topological polar surface area (TPSA) is 63.2 Å². The van der Waals surface area contributed by atoms with E-state index >= 15 is 0 Å². The van der Waals surface area contributed by atoms with E-state index in [2.05, 4.69) is 0 Å². The van der Waals surface area contributed by atoms with Crippen LogP contribution in [-0.4, -0.2) is 7.11 Å². The van der Waals surface area contributed by atoms with Crippen LogP contribution in [-0.2, 0) is 0 Å². The number of nitrogens with zero attached hydrogens (tertiary/aromatic N) is 1. The van der Waals surface area contributed by atoms with Crippen LogP contribution in [0.15, 0.2) is 57.7 Å². The molecule has 0 saturated heterocycles. The summed E-state index contributed by atoms with van der Waals surface area (Å²) in [6, 6.07) is 16.1. The number of fused-ring (bicyclic) bond motifs is 1. The van der Waals surface area contributed by atoms with E-state index < -0.39 is 5.63 Å². The van der Waals surface area contributed by atoms with Crippen LogP contribution in [0.4, 0.5) is 0 Å². The maximum Gasteiger partial charge on any atom is 0.344 e. The van der Waals surface area contributed by atoms with Crippen molar-refractivity contribution in [3.63, 3.8) is 0 Å². The van der Waals surface area contributed by atoms with E-state index in [1.165, 1.54) is 0 Å². The smallest absolute Gasteiger partial charge is 0.344 e. The van der Waals surface area contributed by atoms with Crippen molar-refractivity contribution in [3.05, 3.63) is 64.5 Å². The van der Waals surface area contributed by atoms with Crippen LogP contribution in [0.2, 0.25) is 0 Å². The molecule has 0 aliphatic heterocycles. The van der Waals surface area contributed by atoms with E-state index in [1.807, 2.05) is 12.1 Å². The molecule has 0 fully saturated rings. The van der Waals surface area contributed by atoms with Gasteiger partial charge in [-0.3, -0.25) is 0 Å². The van der Waals surface area contributed by atoms with Gasteiger partial charge < -0.3 is 9.15 Å². The zero-order chi connectivity index (χ0) is 14.8. The van der Waals surface area contributed by atoms with Crippen molar-refractivity contribution in [2.24, 2.45) is 0 Å². The molecule has 0 atom stereocenters. The summed E-state index contributed by atoms with van der Waals surface area (Å²) >= 11 is 0. The van der Waals surface area contributed by atoms with Gasteiger partial charge in [0.25, 0.3) is 0 Å². The Hall–Kier alpha value is -3.06. The third-order valence-corrected chi connectivity index (χ3v) is 3.28. The number of hydrogen-bond donors (Lipinski definition) is 0. The number of hydrogen-bond acceptors (Lipinski definition) is 4. The van der Waals surface area contributed by atoms with Gasteiger partial charge in [-0.05, 0) is 29.8 Å². The molecule has 0 aliphatic carbocycles. The minimum absolute atomic E-state index is 0.322. The molecular formula is C17H11NO3. The fraction of sp³-hybridized carbons (Fsp3) is 0.0588. The van der Waals surface area contributed by atoms with Crippen LogP contribution in [0.5, 0.6) is 5.75 Å². The van der Waals surface area contributed by atoms with Crippen LogP contribution >= 0.6 is 0 Å². The van der Waals surface area contributed by atoms with Gasteiger partial charge in [0.15, 0.2) is 5.58 Å². The molecule has 1 aromatic heterocycles. The largest absolute Gasteiger partial charge is 0.497 e. The van der Waals surface area contributed by atoms with E-state index in [4.69, 9.17) is 14.4 Å². The lowest BCUT2D eigenvalue weighted by Gasteiger charge is -2.04. The summed E-state index contributed by atoms with van der Waals surface area (Å²) in [5.74, 6) is 0.718. The highest BCUT2D eigenvalue weighted by atomic mass is 16.5. The third-order valence-electron chi connectivity index (χ3n) is 3.28. The van der Waals surface area contributed by atoms with Crippen molar-refractivity contribution >= 4 is 11.0 Å². The minimum Gasteiger partial charge on any atom is -0.497 e. The maximum absolute atomic E-state index is 12.1. The molecule has 3 rings (SSSR count). The summed E-state index contributed by atoms with van der Waals surface area (Å²) in [5.41, 5.74) is 1.41. The molecular weight excluding hydrogens is 266 g/mol. The Morgan fingerprint density at radius 3 is 2.57 bits per heavy atom. The van der Waals surface area contributed by atoms with Gasteiger partial charge in [0.1, 0.15) is 11.8 Å². The Kier molecular flexibility index (Phi) is 3.17. The minimum atomic E-state index is -0.463. The van der Waals surface area contributed by atoms with Crippen LogP contribution < -0.4 is 10.4 Å². The summed E-state index contributed by atoms with van der Waals surface area (Å²) in [4.78, 5) is 12.1. The van der Waals surface area contributed by atoms with Gasteiger partial charge in [-0.2, -0.15) is 5.26 Å². The van der Waals surface area contributed by atoms with Crippen molar-refractivity contribution in [2.45, 2.75) is 0 Å². The molecule has 0 aliphatic rings. The SMILES string of the molecule is COc1ccc(-c2cc3cccc(C#N)c3oc2=O)cc1. The predicted molar refractivity (Wildman–Crippen MR) is 79.2 cm³/mol. The zero-order valence-corrected chi connectivity index (χ0v) is 11.3. The molecule has 4 heteroatoms. The van der Waals surface area contributed by atoms with E-state index in [0.717, 1.165) is 16.7 Å². The Labute approximate surface area is 120 Å². The molecule has 0 bridgehead atoms. The summed E-state index contributed by atoms with van der Waals surface area (Å²) < 4.78 is 10.4. The first-order valence-electron chi connectivity index (χ1n) is 6.34. The standard InChI is InChI=1S/C17H11NO3/c1-20-14-7-5-11(6-8-14)15-9-12-3-2-4-13(10-18)16(12)21-17(15)19/h2-9H,1H3. The lowest BCUT2D eigenvalue weighted by molar-refractivity contribution is 0.415. The van der Waals surface area contributed by atoms with Crippen LogP contribution in [0.25, 0.3) is 22.1 Å². The lowest BCUT2D eigenvalue weighted by atomic mass is 10.0. The lowest BCUT2D eigenvalue weighted by Crippen LogP contribution is -2.03. The van der Waals surface area contributed by atoms with E-state index in [1.54, 1.807) is 49.6 Å². The average Bonchev–Trinajstić information content (AvgIpc) is 2.54. The highest BCUT2D eigenvalue weighted by Crippen LogP contribution is 2.24. The molecule has 0 N–H and O–H groups in total. The number of para-hydroxylation sites is 1. The maximum atomic E-state index is 12.1. The average molecular weight is 277 g/mol. The number of benzene rings is 2. The molecule has 0 spiro atoms. The number of nitriles is 1. The van der Waals surface area contributed by atoms with Crippen molar-refractivity contribution in [1.29, 1.82) is 5.26 Å². The fourth-order valence-electron chi connectivity index (χ4n) is 2.20. The normalized spacial score (nSPS) is 10.3. The highest BCUT2D eigenvalue weighted by Gasteiger charge is 2.10. The van der Waals surface area contributed by atoms with Gasteiger partial charge in [0, 0.05) is 5.39 Å². The fourth-order valence-corrected chi connectivity index (χ4v) is 2.20. The van der Waals surface area contributed by atoms with Gasteiger partial charge in [-0.15, -0.1) is 0 Å². The van der Waals surface area contributed by atoms with E-state index in [-0.39, 0.29) is 0 Å². The molecule has 21 heavy (non-hydrogen) atoms. The Morgan fingerprint density at radius 1 is 1.14 bits per heavy atom. The molecule has 4 nitrogen and oxygen atoms in total. The van der Waals surface area contributed by atoms with Crippen molar-refractivity contribution in [1.82, 2.24) is 0 Å². The second-order valence-corrected chi connectivity index (χ2v) is 4.51. The van der Waals surface area contributed by atoms with Crippen molar-refractivity contribution in [2.75, 3.05) is 7.11 Å². The molecule has 102 valence electrons. The van der Waals surface area contributed by atoms with Crippen LogP contribution in [0.3, 0.4) is 0 Å². The Balaban J connectivity index is 2.22. The zero-order valence-electron chi connectivity index (χ0n) is 11.3. The summed E-state index contributed by atoms with van der Waals surface area (Å²) in [5, 5.41) is 9.77. The van der Waals surface area contributed by atoms with Gasteiger partial charge >= 0.3 is 5.63 Å². The second-order valence-electron chi connectivity index (χ2n) is 4.51. The summed E-state index contributed by atoms with van der Waals surface area (Å²) in [6.45, 7) is 0. The molecule has 3 aromatic rings. The van der Waals surface area contributed by atoms with Gasteiger partial charge in [-0.1, -0.05) is 24.3 Å². The third kappa shape index (κ3) is 2.26. The van der Waals surface area contributed by atoms with Gasteiger partial charge in [-0.25, -0.2) is 4.79 Å². The quantitative estimate of drug-likeness (QED) is 0.674. The van der Waals surface area contributed by atoms with E-state index in [0.29, 0.717) is 16.7 Å². The van der Waals surface area contributed by atoms with E-state index in [9.17, 15) is 4.79 Å². The monoisotopic (exact) mass is 277 g/mol. The first-order chi connectivity index (χ1) is 10.2. The number of methoxy groups -OCH3 is 1. The summed E-state index contributed by atoms with van der Waals surface area (Å²) in [6.07, 6.45) is 0. The van der Waals surface area contributed by atoms with Crippen LogP contribution in [0.1, 0.15) is 5.56 Å². The molecule has 0 unspecified atom stereocenters. The number of rotatable bonds is 2. The molecule has 1 heterocycles. The second kappa shape index (κ2) is 5.14. The molecule has 0 amide bonds. The first kappa shape index (κ1) is 12.9. The van der Waals surface area contributed by atoms with Crippen molar-refractivity contribution < 1.29 is 9.15 Å². The summed E-state index contributed by atoms with van der Waals surface area (Å²) in [7, 11) is 1.59. The van der Waals surface area contributed by atoms with Gasteiger partial charge in [0.2, 0.25) is 0 Å². The first-order valence-corrected chi connectivity index (χ1v) is 6.34. The highest BCUT2D eigenvalue weighted by molar-refractivity contribution is 5.85. The molecule has 0 saturated carbocycles. The Bertz CT molecular complexity index is 902. The molecule has 0 radical (unpaired) electrons. The van der Waals surface area contributed by atoms with Crippen LogP contribution in [0, 0.1) is 11.3 Å². The van der Waals surface area contributed by atoms with Crippen molar-refractivity contribution in [3.8, 4) is 22.9 Å².